The lowest BCUT2D eigenvalue weighted by atomic mass is 10.1. The Labute approximate surface area is 86.0 Å². The molecule has 0 saturated heterocycles. The maximum Gasteiger partial charge on any atom is 0.289 e. The van der Waals surface area contributed by atoms with Gasteiger partial charge in [0.25, 0.3) is 11.7 Å². The second-order valence-corrected chi connectivity index (χ2v) is 3.17. The van der Waals surface area contributed by atoms with Gasteiger partial charge in [-0.05, 0) is 18.2 Å². The lowest BCUT2D eigenvalue weighted by molar-refractivity contribution is -0.207. The van der Waals surface area contributed by atoms with E-state index >= 15 is 0 Å². The van der Waals surface area contributed by atoms with Gasteiger partial charge in [0, 0.05) is 19.8 Å². The SMILES string of the molecule is COC1(OC)C(=O)Nc2ccc(F)cc21. The van der Waals surface area contributed by atoms with Crippen LogP contribution in [0.3, 0.4) is 0 Å². The zero-order valence-corrected chi connectivity index (χ0v) is 8.33. The molecule has 1 amide bonds. The molecule has 1 aromatic carbocycles. The highest BCUT2D eigenvalue weighted by Crippen LogP contribution is 2.39. The van der Waals surface area contributed by atoms with E-state index in [-0.39, 0.29) is 0 Å². The van der Waals surface area contributed by atoms with E-state index in [2.05, 4.69) is 5.32 Å². The third kappa shape index (κ3) is 1.24. The van der Waals surface area contributed by atoms with Gasteiger partial charge in [0.05, 0.1) is 5.69 Å². The van der Waals surface area contributed by atoms with Gasteiger partial charge in [-0.2, -0.15) is 0 Å². The molecule has 1 N–H and O–H groups in total. The summed E-state index contributed by atoms with van der Waals surface area (Å²) in [6, 6.07) is 3.96. The summed E-state index contributed by atoms with van der Waals surface area (Å²) in [5.41, 5.74) is 0.864. The van der Waals surface area contributed by atoms with Crippen molar-refractivity contribution in [2.75, 3.05) is 19.5 Å². The smallest absolute Gasteiger partial charge is 0.289 e. The van der Waals surface area contributed by atoms with Crippen LogP contribution in [-0.4, -0.2) is 20.1 Å². The van der Waals surface area contributed by atoms with Crippen LogP contribution in [0.15, 0.2) is 18.2 Å². The van der Waals surface area contributed by atoms with Crippen LogP contribution in [0.4, 0.5) is 10.1 Å². The van der Waals surface area contributed by atoms with Crippen molar-refractivity contribution < 1.29 is 18.7 Å². The van der Waals surface area contributed by atoms with Crippen LogP contribution in [-0.2, 0) is 20.1 Å². The lowest BCUT2D eigenvalue weighted by Crippen LogP contribution is -2.38. The van der Waals surface area contributed by atoms with Crippen LogP contribution in [0, 0.1) is 5.82 Å². The molecular weight excluding hydrogens is 201 g/mol. The molecule has 1 aliphatic heterocycles. The Morgan fingerprint density at radius 2 is 2.00 bits per heavy atom. The molecule has 1 heterocycles. The van der Waals surface area contributed by atoms with Crippen LogP contribution < -0.4 is 5.32 Å². The molecule has 5 heteroatoms. The lowest BCUT2D eigenvalue weighted by Gasteiger charge is -2.23. The summed E-state index contributed by atoms with van der Waals surface area (Å²) < 4.78 is 23.1. The molecule has 0 fully saturated rings. The van der Waals surface area contributed by atoms with Crippen molar-refractivity contribution in [1.29, 1.82) is 0 Å². The minimum absolute atomic E-state index is 0.359. The molecule has 0 bridgehead atoms. The summed E-state index contributed by atoms with van der Waals surface area (Å²) in [5, 5.41) is 2.56. The first kappa shape index (κ1) is 10.1. The Kier molecular flexibility index (Phi) is 2.21. The van der Waals surface area contributed by atoms with E-state index in [0.717, 1.165) is 0 Å². The van der Waals surface area contributed by atoms with E-state index in [1.807, 2.05) is 0 Å². The largest absolute Gasteiger partial charge is 0.342 e. The highest BCUT2D eigenvalue weighted by molar-refractivity contribution is 6.04. The molecule has 0 radical (unpaired) electrons. The van der Waals surface area contributed by atoms with E-state index in [9.17, 15) is 9.18 Å². The van der Waals surface area contributed by atoms with Crippen molar-refractivity contribution in [2.45, 2.75) is 5.79 Å². The van der Waals surface area contributed by atoms with E-state index in [1.165, 1.54) is 32.4 Å². The van der Waals surface area contributed by atoms with Crippen LogP contribution in [0.2, 0.25) is 0 Å². The summed E-state index contributed by atoms with van der Waals surface area (Å²) in [6.07, 6.45) is 0. The first-order valence-corrected chi connectivity index (χ1v) is 4.36. The monoisotopic (exact) mass is 211 g/mol. The van der Waals surface area contributed by atoms with E-state index in [4.69, 9.17) is 9.47 Å². The quantitative estimate of drug-likeness (QED) is 0.748. The number of methoxy groups -OCH3 is 2. The molecule has 1 aliphatic rings. The topological polar surface area (TPSA) is 47.6 Å². The fraction of sp³-hybridized carbons (Fsp3) is 0.300. The van der Waals surface area contributed by atoms with Gasteiger partial charge in [-0.25, -0.2) is 4.39 Å². The van der Waals surface area contributed by atoms with Gasteiger partial charge in [0.2, 0.25) is 0 Å². The van der Waals surface area contributed by atoms with Crippen LogP contribution in [0.1, 0.15) is 5.56 Å². The number of carbonyl (C=O) groups excluding carboxylic acids is 1. The van der Waals surface area contributed by atoms with Gasteiger partial charge in [-0.3, -0.25) is 4.79 Å². The van der Waals surface area contributed by atoms with E-state index in [1.54, 1.807) is 0 Å². The number of amides is 1. The predicted octanol–water partition coefficient (Wildman–Crippen LogP) is 1.22. The normalized spacial score (nSPS) is 17.4. The number of benzene rings is 1. The first-order chi connectivity index (χ1) is 7.14. The molecular formula is C10H10FNO3. The van der Waals surface area contributed by atoms with Crippen molar-refractivity contribution in [3.05, 3.63) is 29.6 Å². The highest BCUT2D eigenvalue weighted by atomic mass is 19.1. The van der Waals surface area contributed by atoms with Gasteiger partial charge in [-0.1, -0.05) is 0 Å². The van der Waals surface area contributed by atoms with Gasteiger partial charge < -0.3 is 14.8 Å². The average Bonchev–Trinajstić information content (AvgIpc) is 2.50. The number of fused-ring (bicyclic) bond motifs is 1. The van der Waals surface area contributed by atoms with Gasteiger partial charge >= 0.3 is 0 Å². The third-order valence-electron chi connectivity index (χ3n) is 2.46. The van der Waals surface area contributed by atoms with Gasteiger partial charge in [-0.15, -0.1) is 0 Å². The molecule has 4 nitrogen and oxygen atoms in total. The minimum atomic E-state index is -1.53. The summed E-state index contributed by atoms with van der Waals surface area (Å²) >= 11 is 0. The number of anilines is 1. The third-order valence-corrected chi connectivity index (χ3v) is 2.46. The van der Waals surface area contributed by atoms with Crippen molar-refractivity contribution in [2.24, 2.45) is 0 Å². The van der Waals surface area contributed by atoms with Crippen LogP contribution in [0.25, 0.3) is 0 Å². The standard InChI is InChI=1S/C10H10FNO3/c1-14-10(15-2)7-5-6(11)3-4-8(7)12-9(10)13/h3-5H,1-2H3,(H,12,13). The average molecular weight is 211 g/mol. The molecule has 1 aromatic rings. The number of halogens is 1. The number of carbonyl (C=O) groups is 1. The Balaban J connectivity index is 2.61. The molecule has 2 rings (SSSR count). The first-order valence-electron chi connectivity index (χ1n) is 4.36. The van der Waals surface area contributed by atoms with Crippen molar-refractivity contribution in [3.63, 3.8) is 0 Å². The number of rotatable bonds is 2. The summed E-state index contributed by atoms with van der Waals surface area (Å²) in [6.45, 7) is 0. The molecule has 80 valence electrons. The number of hydrogen-bond donors (Lipinski definition) is 1. The number of hydrogen-bond acceptors (Lipinski definition) is 3. The van der Waals surface area contributed by atoms with Crippen LogP contribution in [0.5, 0.6) is 0 Å². The van der Waals surface area contributed by atoms with Crippen molar-refractivity contribution >= 4 is 11.6 Å². The maximum atomic E-state index is 13.1. The molecule has 0 aromatic heterocycles. The molecule has 15 heavy (non-hydrogen) atoms. The summed E-state index contributed by atoms with van der Waals surface area (Å²) in [5.74, 6) is -2.42. The molecule has 0 aliphatic carbocycles. The fourth-order valence-electron chi connectivity index (χ4n) is 1.71. The van der Waals surface area contributed by atoms with E-state index in [0.29, 0.717) is 11.3 Å². The fourth-order valence-corrected chi connectivity index (χ4v) is 1.71. The number of ether oxygens (including phenoxy) is 2. The van der Waals surface area contributed by atoms with Gasteiger partial charge in [0.15, 0.2) is 0 Å². The molecule has 0 atom stereocenters. The highest BCUT2D eigenvalue weighted by Gasteiger charge is 2.48. The Morgan fingerprint density at radius 3 is 2.60 bits per heavy atom. The van der Waals surface area contributed by atoms with Crippen molar-refractivity contribution in [3.8, 4) is 0 Å². The zero-order chi connectivity index (χ0) is 11.1. The molecule has 0 spiro atoms. The van der Waals surface area contributed by atoms with Crippen LogP contribution >= 0.6 is 0 Å². The molecule has 0 saturated carbocycles. The Morgan fingerprint density at radius 1 is 1.33 bits per heavy atom. The Hall–Kier alpha value is -1.46. The summed E-state index contributed by atoms with van der Waals surface area (Å²) in [4.78, 5) is 11.6. The zero-order valence-electron chi connectivity index (χ0n) is 8.33. The number of nitrogens with one attached hydrogen (secondary N) is 1. The van der Waals surface area contributed by atoms with Crippen molar-refractivity contribution in [1.82, 2.24) is 0 Å². The minimum Gasteiger partial charge on any atom is -0.342 e. The second kappa shape index (κ2) is 3.29. The summed E-state index contributed by atoms with van der Waals surface area (Å²) in [7, 11) is 2.67. The molecule has 0 unspecified atom stereocenters. The van der Waals surface area contributed by atoms with Gasteiger partial charge in [0.1, 0.15) is 5.82 Å². The second-order valence-electron chi connectivity index (χ2n) is 3.17. The maximum absolute atomic E-state index is 13.1. The Bertz CT molecular complexity index is 415. The van der Waals surface area contributed by atoms with E-state index < -0.39 is 17.5 Å². The predicted molar refractivity (Wildman–Crippen MR) is 50.7 cm³/mol.